The second-order valence-electron chi connectivity index (χ2n) is 8.22. The van der Waals surface area contributed by atoms with Crippen LogP contribution in [0.3, 0.4) is 0 Å². The number of nitrogens with zero attached hydrogens (tertiary/aromatic N) is 2. The van der Waals surface area contributed by atoms with Crippen molar-refractivity contribution in [1.82, 2.24) is 9.80 Å². The number of benzene rings is 1. The smallest absolute Gasteiger partial charge is 0.253 e. The van der Waals surface area contributed by atoms with Crippen molar-refractivity contribution in [2.75, 3.05) is 60.2 Å². The van der Waals surface area contributed by atoms with Crippen LogP contribution in [-0.2, 0) is 4.74 Å². The van der Waals surface area contributed by atoms with Crippen LogP contribution in [0.5, 0.6) is 11.5 Å². The predicted molar refractivity (Wildman–Crippen MR) is 102 cm³/mol. The number of methoxy groups -OCH3 is 1. The molecule has 0 aliphatic carbocycles. The quantitative estimate of drug-likeness (QED) is 0.812. The van der Waals surface area contributed by atoms with Gasteiger partial charge in [-0.1, -0.05) is 0 Å². The summed E-state index contributed by atoms with van der Waals surface area (Å²) >= 11 is 0. The number of likely N-dealkylation sites (tertiary alicyclic amines) is 2. The van der Waals surface area contributed by atoms with Gasteiger partial charge in [-0.25, -0.2) is 0 Å². The Hall–Kier alpha value is -1.79. The molecule has 1 atom stereocenters. The molecule has 0 saturated carbocycles. The summed E-state index contributed by atoms with van der Waals surface area (Å²) < 4.78 is 16.9. The fraction of sp³-hybridized carbons (Fsp3) is 0.667. The Morgan fingerprint density at radius 2 is 1.96 bits per heavy atom. The Morgan fingerprint density at radius 3 is 2.70 bits per heavy atom. The van der Waals surface area contributed by atoms with Gasteiger partial charge in [0.25, 0.3) is 5.91 Å². The maximum absolute atomic E-state index is 13.0. The van der Waals surface area contributed by atoms with Gasteiger partial charge in [0.15, 0.2) is 11.5 Å². The van der Waals surface area contributed by atoms with Crippen LogP contribution in [0.1, 0.15) is 29.6 Å². The average molecular weight is 374 g/mol. The van der Waals surface area contributed by atoms with Gasteiger partial charge < -0.3 is 24.0 Å². The van der Waals surface area contributed by atoms with E-state index in [2.05, 4.69) is 11.9 Å². The lowest BCUT2D eigenvalue weighted by molar-refractivity contribution is 0.0325. The van der Waals surface area contributed by atoms with E-state index in [1.165, 1.54) is 0 Å². The molecule has 3 aliphatic heterocycles. The minimum Gasteiger partial charge on any atom is -0.490 e. The molecule has 2 fully saturated rings. The summed E-state index contributed by atoms with van der Waals surface area (Å²) in [6, 6.07) is 5.56. The third kappa shape index (κ3) is 3.65. The minimum atomic E-state index is 0.0927. The van der Waals surface area contributed by atoms with Gasteiger partial charge in [-0.3, -0.25) is 4.79 Å². The number of rotatable bonds is 3. The van der Waals surface area contributed by atoms with Crippen LogP contribution in [-0.4, -0.2) is 75.9 Å². The van der Waals surface area contributed by atoms with Crippen molar-refractivity contribution in [2.24, 2.45) is 11.3 Å². The van der Waals surface area contributed by atoms with Crippen molar-refractivity contribution < 1.29 is 19.0 Å². The number of fused-ring (bicyclic) bond motifs is 1. The van der Waals surface area contributed by atoms with Crippen LogP contribution in [0.4, 0.5) is 0 Å². The summed E-state index contributed by atoms with van der Waals surface area (Å²) in [6.07, 6.45) is 2.95. The summed E-state index contributed by atoms with van der Waals surface area (Å²) in [5.74, 6) is 2.07. The highest BCUT2D eigenvalue weighted by atomic mass is 16.5. The number of ether oxygens (including phenoxy) is 3. The van der Waals surface area contributed by atoms with Crippen LogP contribution in [0.15, 0.2) is 18.2 Å². The largest absolute Gasteiger partial charge is 0.490 e. The van der Waals surface area contributed by atoms with Crippen molar-refractivity contribution in [1.29, 1.82) is 0 Å². The molecule has 0 unspecified atom stereocenters. The van der Waals surface area contributed by atoms with Gasteiger partial charge in [-0.05, 0) is 43.5 Å². The molecule has 1 aromatic carbocycles. The average Bonchev–Trinajstić information content (AvgIpc) is 2.85. The van der Waals surface area contributed by atoms with E-state index in [4.69, 9.17) is 14.2 Å². The van der Waals surface area contributed by atoms with E-state index in [0.717, 1.165) is 57.8 Å². The van der Waals surface area contributed by atoms with E-state index in [9.17, 15) is 4.79 Å². The van der Waals surface area contributed by atoms with Crippen LogP contribution in [0, 0.1) is 11.3 Å². The highest BCUT2D eigenvalue weighted by molar-refractivity contribution is 5.95. The van der Waals surface area contributed by atoms with Gasteiger partial charge in [-0.2, -0.15) is 0 Å². The molecular formula is C21H30N2O4. The number of carbonyl (C=O) groups is 1. The monoisotopic (exact) mass is 374 g/mol. The van der Waals surface area contributed by atoms with Crippen molar-refractivity contribution in [3.63, 3.8) is 0 Å². The standard InChI is InChI=1S/C21H30N2O4/c1-22-13-17(14-25-2)21(15-22)6-8-23(9-7-21)20(24)16-4-5-18-19(12-16)27-11-3-10-26-18/h4-5,12,17H,3,6-11,13-15H2,1-2H3/t17-/m1/s1. The predicted octanol–water partition coefficient (Wildman–Crippen LogP) is 2.28. The van der Waals surface area contributed by atoms with Crippen LogP contribution in [0.2, 0.25) is 0 Å². The molecule has 148 valence electrons. The normalized spacial score (nSPS) is 24.8. The first-order chi connectivity index (χ1) is 13.1. The molecule has 4 rings (SSSR count). The van der Waals surface area contributed by atoms with Gasteiger partial charge in [0.2, 0.25) is 0 Å². The minimum absolute atomic E-state index is 0.0927. The van der Waals surface area contributed by atoms with Crippen molar-refractivity contribution in [2.45, 2.75) is 19.3 Å². The van der Waals surface area contributed by atoms with E-state index in [1.54, 1.807) is 7.11 Å². The SMILES string of the molecule is COC[C@H]1CN(C)CC12CCN(C(=O)c1ccc3c(c1)OCCCO3)CC2. The van der Waals surface area contributed by atoms with E-state index in [-0.39, 0.29) is 11.3 Å². The van der Waals surface area contributed by atoms with Crippen LogP contribution >= 0.6 is 0 Å². The fourth-order valence-corrected chi connectivity index (χ4v) is 4.93. The Morgan fingerprint density at radius 1 is 1.22 bits per heavy atom. The van der Waals surface area contributed by atoms with Crippen molar-refractivity contribution in [3.05, 3.63) is 23.8 Å². The zero-order chi connectivity index (χ0) is 18.9. The number of hydrogen-bond acceptors (Lipinski definition) is 5. The summed E-state index contributed by atoms with van der Waals surface area (Å²) in [7, 11) is 3.97. The van der Waals surface area contributed by atoms with E-state index >= 15 is 0 Å². The number of carbonyl (C=O) groups excluding carboxylic acids is 1. The molecule has 1 amide bonds. The third-order valence-electron chi connectivity index (χ3n) is 6.39. The molecule has 0 aromatic heterocycles. The van der Waals surface area contributed by atoms with Crippen molar-refractivity contribution in [3.8, 4) is 11.5 Å². The summed E-state index contributed by atoms with van der Waals surface area (Å²) in [6.45, 7) is 5.90. The molecular weight excluding hydrogens is 344 g/mol. The first kappa shape index (κ1) is 18.6. The zero-order valence-electron chi connectivity index (χ0n) is 16.4. The summed E-state index contributed by atoms with van der Waals surface area (Å²) in [5.41, 5.74) is 0.971. The molecule has 1 spiro atoms. The Balaban J connectivity index is 1.44. The number of amides is 1. The first-order valence-corrected chi connectivity index (χ1v) is 9.98. The highest BCUT2D eigenvalue weighted by Crippen LogP contribution is 2.44. The lowest BCUT2D eigenvalue weighted by Crippen LogP contribution is -2.47. The molecule has 3 aliphatic rings. The second-order valence-corrected chi connectivity index (χ2v) is 8.22. The topological polar surface area (TPSA) is 51.2 Å². The molecule has 3 heterocycles. The van der Waals surface area contributed by atoms with Crippen LogP contribution < -0.4 is 9.47 Å². The zero-order valence-corrected chi connectivity index (χ0v) is 16.4. The van der Waals surface area contributed by atoms with E-state index in [1.807, 2.05) is 23.1 Å². The maximum Gasteiger partial charge on any atom is 0.253 e. The van der Waals surface area contributed by atoms with Crippen molar-refractivity contribution >= 4 is 5.91 Å². The Bertz CT molecular complexity index is 685. The van der Waals surface area contributed by atoms with Gasteiger partial charge >= 0.3 is 0 Å². The van der Waals surface area contributed by atoms with Gasteiger partial charge in [0.05, 0.1) is 19.8 Å². The second kappa shape index (κ2) is 7.68. The molecule has 0 bridgehead atoms. The van der Waals surface area contributed by atoms with E-state index < -0.39 is 0 Å². The lowest BCUT2D eigenvalue weighted by Gasteiger charge is -2.42. The van der Waals surface area contributed by atoms with Gasteiger partial charge in [-0.15, -0.1) is 0 Å². The third-order valence-corrected chi connectivity index (χ3v) is 6.39. The molecule has 0 N–H and O–H groups in total. The molecule has 1 aromatic rings. The molecule has 27 heavy (non-hydrogen) atoms. The molecule has 0 radical (unpaired) electrons. The maximum atomic E-state index is 13.0. The summed E-state index contributed by atoms with van der Waals surface area (Å²) in [4.78, 5) is 17.4. The van der Waals surface area contributed by atoms with Gasteiger partial charge in [0.1, 0.15) is 0 Å². The van der Waals surface area contributed by atoms with Gasteiger partial charge in [0, 0.05) is 51.2 Å². The molecule has 2 saturated heterocycles. The highest BCUT2D eigenvalue weighted by Gasteiger charge is 2.47. The fourth-order valence-electron chi connectivity index (χ4n) is 4.93. The number of piperidine rings is 1. The van der Waals surface area contributed by atoms with Crippen LogP contribution in [0.25, 0.3) is 0 Å². The van der Waals surface area contributed by atoms with E-state index in [0.29, 0.717) is 30.4 Å². The molecule has 6 nitrogen and oxygen atoms in total. The summed E-state index contributed by atoms with van der Waals surface area (Å²) in [5, 5.41) is 0. The first-order valence-electron chi connectivity index (χ1n) is 9.98. The Kier molecular flexibility index (Phi) is 5.28. The lowest BCUT2D eigenvalue weighted by atomic mass is 9.71. The molecule has 6 heteroatoms. The Labute approximate surface area is 161 Å². The number of hydrogen-bond donors (Lipinski definition) is 0.